The number of benzene rings is 1. The topological polar surface area (TPSA) is 121 Å². The van der Waals surface area contributed by atoms with Crippen molar-refractivity contribution >= 4 is 27.6 Å². The Morgan fingerprint density at radius 3 is 1.95 bits per heavy atom. The minimum Gasteiger partial charge on any atom is -0.346 e. The highest BCUT2D eigenvalue weighted by molar-refractivity contribution is 7.90. The van der Waals surface area contributed by atoms with E-state index in [4.69, 9.17) is 0 Å². The van der Waals surface area contributed by atoms with E-state index in [-0.39, 0.29) is 16.5 Å². The van der Waals surface area contributed by atoms with Gasteiger partial charge in [-0.05, 0) is 38.1 Å². The molecule has 0 bridgehead atoms. The third-order valence-corrected chi connectivity index (χ3v) is 3.59. The van der Waals surface area contributed by atoms with Crippen LogP contribution in [0.4, 0.5) is 0 Å². The Bertz CT molecular complexity index is 680. The fourth-order valence-electron chi connectivity index (χ4n) is 1.42. The average Bonchev–Trinajstić information content (AvgIpc) is 2.42. The van der Waals surface area contributed by atoms with Gasteiger partial charge in [0.25, 0.3) is 5.91 Å². The lowest BCUT2D eigenvalue weighted by atomic mass is 10.2. The van der Waals surface area contributed by atoms with Crippen molar-refractivity contribution in [3.63, 3.8) is 0 Å². The molecule has 3 N–H and O–H groups in total. The summed E-state index contributed by atoms with van der Waals surface area (Å²) in [7, 11) is -3.35. The molecule has 0 saturated heterocycles. The Morgan fingerprint density at radius 2 is 1.50 bits per heavy atom. The van der Waals surface area contributed by atoms with Gasteiger partial charge in [-0.1, -0.05) is 0 Å². The lowest BCUT2D eigenvalue weighted by molar-refractivity contribution is -0.139. The molecule has 1 aromatic rings. The first-order chi connectivity index (χ1) is 10.1. The zero-order valence-electron chi connectivity index (χ0n) is 12.3. The van der Waals surface area contributed by atoms with Gasteiger partial charge in [0, 0.05) is 17.9 Å². The molecule has 8 nitrogen and oxygen atoms in total. The van der Waals surface area contributed by atoms with Crippen molar-refractivity contribution in [2.75, 3.05) is 6.26 Å². The van der Waals surface area contributed by atoms with Crippen molar-refractivity contribution < 1.29 is 22.8 Å². The summed E-state index contributed by atoms with van der Waals surface area (Å²) in [5, 5.41) is 2.36. The van der Waals surface area contributed by atoms with Crippen molar-refractivity contribution in [2.24, 2.45) is 0 Å². The van der Waals surface area contributed by atoms with E-state index in [1.165, 1.54) is 24.3 Å². The molecule has 0 aliphatic heterocycles. The van der Waals surface area contributed by atoms with Gasteiger partial charge in [0.15, 0.2) is 9.84 Å². The summed E-state index contributed by atoms with van der Waals surface area (Å²) < 4.78 is 22.6. The van der Waals surface area contributed by atoms with Crippen LogP contribution in [0.15, 0.2) is 29.2 Å². The number of nitrogens with one attached hydrogen (secondary N) is 3. The largest absolute Gasteiger partial charge is 0.346 e. The Balaban J connectivity index is 2.63. The molecule has 22 heavy (non-hydrogen) atoms. The first-order valence-electron chi connectivity index (χ1n) is 6.32. The van der Waals surface area contributed by atoms with Crippen LogP contribution in [0.3, 0.4) is 0 Å². The zero-order chi connectivity index (χ0) is 16.9. The van der Waals surface area contributed by atoms with E-state index in [0.29, 0.717) is 0 Å². The second-order valence-electron chi connectivity index (χ2n) is 4.83. The smallest absolute Gasteiger partial charge is 0.327 e. The van der Waals surface area contributed by atoms with Crippen LogP contribution in [0, 0.1) is 0 Å². The molecular weight excluding hydrogens is 310 g/mol. The Hall–Kier alpha value is -2.42. The van der Waals surface area contributed by atoms with Gasteiger partial charge in [-0.2, -0.15) is 0 Å². The van der Waals surface area contributed by atoms with E-state index in [9.17, 15) is 22.8 Å². The number of carbonyl (C=O) groups is 3. The van der Waals surface area contributed by atoms with Gasteiger partial charge in [-0.15, -0.1) is 0 Å². The van der Waals surface area contributed by atoms with Crippen LogP contribution < -0.4 is 16.2 Å². The molecule has 0 heterocycles. The number of hydrogen-bond acceptors (Lipinski definition) is 5. The zero-order valence-corrected chi connectivity index (χ0v) is 13.2. The summed E-state index contributed by atoms with van der Waals surface area (Å²) in [6, 6.07) is 4.94. The number of carbonyl (C=O) groups excluding carboxylic acids is 3. The van der Waals surface area contributed by atoms with Gasteiger partial charge in [-0.25, -0.2) is 8.42 Å². The predicted octanol–water partition coefficient (Wildman–Crippen LogP) is -0.624. The molecule has 0 aliphatic carbocycles. The van der Waals surface area contributed by atoms with Gasteiger partial charge in [0.05, 0.1) is 4.90 Å². The fraction of sp³-hybridized carbons (Fsp3) is 0.308. The van der Waals surface area contributed by atoms with Crippen LogP contribution in [0.25, 0.3) is 0 Å². The number of hydrazine groups is 1. The van der Waals surface area contributed by atoms with E-state index in [1.807, 2.05) is 5.43 Å². The lowest BCUT2D eigenvalue weighted by Gasteiger charge is -2.09. The first kappa shape index (κ1) is 17.6. The van der Waals surface area contributed by atoms with Gasteiger partial charge in [-0.3, -0.25) is 25.2 Å². The molecule has 1 rings (SSSR count). The summed E-state index contributed by atoms with van der Waals surface area (Å²) in [5.41, 5.74) is 4.16. The Morgan fingerprint density at radius 1 is 0.955 bits per heavy atom. The van der Waals surface area contributed by atoms with Crippen molar-refractivity contribution in [3.8, 4) is 0 Å². The van der Waals surface area contributed by atoms with Crippen molar-refractivity contribution in [2.45, 2.75) is 24.8 Å². The van der Waals surface area contributed by atoms with Crippen LogP contribution in [-0.4, -0.2) is 38.4 Å². The second kappa shape index (κ2) is 7.03. The normalized spacial score (nSPS) is 10.9. The highest BCUT2D eigenvalue weighted by Crippen LogP contribution is 2.09. The maximum absolute atomic E-state index is 11.7. The summed E-state index contributed by atoms with van der Waals surface area (Å²) >= 11 is 0. The SMILES string of the molecule is CC(C)NC(=O)C(=O)NNC(=O)c1ccc(S(C)(=O)=O)cc1. The number of sulfone groups is 1. The quantitative estimate of drug-likeness (QED) is 0.504. The highest BCUT2D eigenvalue weighted by atomic mass is 32.2. The first-order valence-corrected chi connectivity index (χ1v) is 8.21. The molecule has 9 heteroatoms. The Kier molecular flexibility index (Phi) is 5.63. The van der Waals surface area contributed by atoms with Gasteiger partial charge in [0.1, 0.15) is 0 Å². The molecule has 120 valence electrons. The minimum absolute atomic E-state index is 0.0735. The molecule has 0 aromatic heterocycles. The Labute approximate surface area is 128 Å². The molecule has 0 saturated carbocycles. The molecular formula is C13H17N3O5S. The van der Waals surface area contributed by atoms with E-state index in [2.05, 4.69) is 10.7 Å². The predicted molar refractivity (Wildman–Crippen MR) is 78.4 cm³/mol. The molecule has 0 unspecified atom stereocenters. The second-order valence-corrected chi connectivity index (χ2v) is 6.85. The van der Waals surface area contributed by atoms with Gasteiger partial charge >= 0.3 is 11.8 Å². The van der Waals surface area contributed by atoms with Crippen molar-refractivity contribution in [1.29, 1.82) is 0 Å². The fourth-order valence-corrected chi connectivity index (χ4v) is 2.05. The molecule has 0 atom stereocenters. The van der Waals surface area contributed by atoms with E-state index < -0.39 is 27.6 Å². The van der Waals surface area contributed by atoms with Crippen LogP contribution in [0.5, 0.6) is 0 Å². The third-order valence-electron chi connectivity index (χ3n) is 2.46. The van der Waals surface area contributed by atoms with E-state index in [1.54, 1.807) is 13.8 Å². The van der Waals surface area contributed by atoms with Crippen molar-refractivity contribution in [1.82, 2.24) is 16.2 Å². The van der Waals surface area contributed by atoms with E-state index >= 15 is 0 Å². The monoisotopic (exact) mass is 327 g/mol. The van der Waals surface area contributed by atoms with Crippen LogP contribution in [0.2, 0.25) is 0 Å². The molecule has 0 radical (unpaired) electrons. The van der Waals surface area contributed by atoms with Crippen LogP contribution in [0.1, 0.15) is 24.2 Å². The minimum atomic E-state index is -3.35. The molecule has 0 spiro atoms. The highest BCUT2D eigenvalue weighted by Gasteiger charge is 2.16. The summed E-state index contributed by atoms with van der Waals surface area (Å²) in [5.74, 6) is -2.55. The van der Waals surface area contributed by atoms with Gasteiger partial charge < -0.3 is 5.32 Å². The average molecular weight is 327 g/mol. The summed E-state index contributed by atoms with van der Waals surface area (Å²) in [6.45, 7) is 3.38. The van der Waals surface area contributed by atoms with Gasteiger partial charge in [0.2, 0.25) is 0 Å². The molecule has 0 fully saturated rings. The van der Waals surface area contributed by atoms with Crippen LogP contribution in [-0.2, 0) is 19.4 Å². The maximum atomic E-state index is 11.7. The maximum Gasteiger partial charge on any atom is 0.327 e. The lowest BCUT2D eigenvalue weighted by Crippen LogP contribution is -2.49. The summed E-state index contributed by atoms with van der Waals surface area (Å²) in [6.07, 6.45) is 1.05. The number of amides is 3. The van der Waals surface area contributed by atoms with Crippen molar-refractivity contribution in [3.05, 3.63) is 29.8 Å². The molecule has 0 aliphatic rings. The number of hydrogen-bond donors (Lipinski definition) is 3. The third kappa shape index (κ3) is 5.17. The molecule has 1 aromatic carbocycles. The molecule has 3 amide bonds. The van der Waals surface area contributed by atoms with E-state index in [0.717, 1.165) is 6.26 Å². The van der Waals surface area contributed by atoms with Crippen LogP contribution >= 0.6 is 0 Å². The number of rotatable bonds is 3. The summed E-state index contributed by atoms with van der Waals surface area (Å²) in [4.78, 5) is 34.5. The standard InChI is InChI=1S/C13H17N3O5S/c1-8(2)14-12(18)13(19)16-15-11(17)9-4-6-10(7-5-9)22(3,20)21/h4-8H,1-3H3,(H,14,18)(H,15,17)(H,16,19).